The molecule has 3 rings (SSSR count). The van der Waals surface area contributed by atoms with Gasteiger partial charge in [0.2, 0.25) is 5.91 Å². The molecule has 0 fully saturated rings. The van der Waals surface area contributed by atoms with Gasteiger partial charge in [0.25, 0.3) is 5.56 Å². The Balaban J connectivity index is 1.80. The summed E-state index contributed by atoms with van der Waals surface area (Å²) in [4.78, 5) is 23.6. The first kappa shape index (κ1) is 12.8. The van der Waals surface area contributed by atoms with Crippen molar-refractivity contribution in [3.63, 3.8) is 0 Å². The van der Waals surface area contributed by atoms with E-state index in [0.717, 1.165) is 4.68 Å². The van der Waals surface area contributed by atoms with Crippen molar-refractivity contribution in [1.29, 1.82) is 0 Å². The van der Waals surface area contributed by atoms with Gasteiger partial charge in [-0.2, -0.15) is 5.10 Å². The third kappa shape index (κ3) is 2.86. The molecule has 0 spiro atoms. The largest absolute Gasteiger partial charge is 0.363 e. The predicted octanol–water partition coefficient (Wildman–Crippen LogP) is 0.0557. The van der Waals surface area contributed by atoms with Gasteiger partial charge in [-0.05, 0) is 12.1 Å². The maximum atomic E-state index is 11.8. The van der Waals surface area contributed by atoms with Gasteiger partial charge in [0, 0.05) is 24.5 Å². The fourth-order valence-corrected chi connectivity index (χ4v) is 1.67. The standard InChI is InChI=1S/C12H10N6O3/c19-11(14-9-4-7-21-16-9)8-18-12(20)3-2-10(15-18)17-6-1-5-13-17/h1-7H,8H2,(H,14,16,19). The molecule has 0 bridgehead atoms. The monoisotopic (exact) mass is 286 g/mol. The van der Waals surface area contributed by atoms with E-state index < -0.39 is 5.91 Å². The minimum absolute atomic E-state index is 0.235. The molecule has 0 aliphatic carbocycles. The summed E-state index contributed by atoms with van der Waals surface area (Å²) < 4.78 is 7.14. The number of carbonyl (C=O) groups excluding carboxylic acids is 1. The second-order valence-corrected chi connectivity index (χ2v) is 4.07. The fourth-order valence-electron chi connectivity index (χ4n) is 1.67. The van der Waals surface area contributed by atoms with Crippen molar-refractivity contribution in [1.82, 2.24) is 24.7 Å². The molecule has 0 saturated heterocycles. The molecule has 0 aliphatic heterocycles. The van der Waals surface area contributed by atoms with E-state index in [1.165, 1.54) is 29.1 Å². The van der Waals surface area contributed by atoms with E-state index in [-0.39, 0.29) is 17.9 Å². The number of rotatable bonds is 4. The molecule has 3 aromatic heterocycles. The zero-order valence-corrected chi connectivity index (χ0v) is 10.7. The van der Waals surface area contributed by atoms with Crippen LogP contribution in [0.4, 0.5) is 5.82 Å². The molecule has 9 nitrogen and oxygen atoms in total. The highest BCUT2D eigenvalue weighted by molar-refractivity contribution is 5.89. The average molecular weight is 286 g/mol. The molecule has 1 N–H and O–H groups in total. The van der Waals surface area contributed by atoms with Crippen molar-refractivity contribution in [2.45, 2.75) is 6.54 Å². The zero-order valence-electron chi connectivity index (χ0n) is 10.7. The molecule has 0 unspecified atom stereocenters. The zero-order chi connectivity index (χ0) is 14.7. The summed E-state index contributed by atoms with van der Waals surface area (Å²) in [6, 6.07) is 6.08. The molecule has 0 aromatic carbocycles. The highest BCUT2D eigenvalue weighted by Gasteiger charge is 2.09. The first-order chi connectivity index (χ1) is 10.2. The Morgan fingerprint density at radius 2 is 2.24 bits per heavy atom. The topological polar surface area (TPSA) is 108 Å². The van der Waals surface area contributed by atoms with E-state index in [1.54, 1.807) is 18.5 Å². The number of anilines is 1. The lowest BCUT2D eigenvalue weighted by molar-refractivity contribution is -0.117. The molecule has 3 aromatic rings. The molecule has 21 heavy (non-hydrogen) atoms. The average Bonchev–Trinajstić information content (AvgIpc) is 3.14. The van der Waals surface area contributed by atoms with E-state index in [1.807, 2.05) is 0 Å². The lowest BCUT2D eigenvalue weighted by Gasteiger charge is -2.06. The maximum Gasteiger partial charge on any atom is 0.267 e. The van der Waals surface area contributed by atoms with Crippen LogP contribution >= 0.6 is 0 Å². The molecule has 0 atom stereocenters. The summed E-state index contributed by atoms with van der Waals surface area (Å²) in [7, 11) is 0. The van der Waals surface area contributed by atoms with E-state index in [9.17, 15) is 9.59 Å². The third-order valence-electron chi connectivity index (χ3n) is 2.59. The van der Waals surface area contributed by atoms with Gasteiger partial charge in [0.05, 0.1) is 0 Å². The summed E-state index contributed by atoms with van der Waals surface area (Å²) in [6.07, 6.45) is 4.61. The van der Waals surface area contributed by atoms with Crippen LogP contribution in [0.2, 0.25) is 0 Å². The van der Waals surface area contributed by atoms with Crippen molar-refractivity contribution in [2.75, 3.05) is 5.32 Å². The number of nitrogens with one attached hydrogen (secondary N) is 1. The first-order valence-electron chi connectivity index (χ1n) is 6.01. The van der Waals surface area contributed by atoms with Gasteiger partial charge in [-0.3, -0.25) is 9.59 Å². The highest BCUT2D eigenvalue weighted by atomic mass is 16.5. The fraction of sp³-hybridized carbons (Fsp3) is 0.0833. The van der Waals surface area contributed by atoms with Gasteiger partial charge in [-0.15, -0.1) is 5.10 Å². The van der Waals surface area contributed by atoms with Gasteiger partial charge in [0.15, 0.2) is 11.6 Å². The molecule has 0 saturated carbocycles. The highest BCUT2D eigenvalue weighted by Crippen LogP contribution is 2.01. The number of aromatic nitrogens is 5. The van der Waals surface area contributed by atoms with Crippen molar-refractivity contribution in [3.05, 3.63) is 53.3 Å². The van der Waals surface area contributed by atoms with Crippen LogP contribution in [0.25, 0.3) is 5.82 Å². The summed E-state index contributed by atoms with van der Waals surface area (Å²) in [5.74, 6) is 0.279. The summed E-state index contributed by atoms with van der Waals surface area (Å²) in [5.41, 5.74) is -0.388. The number of hydrogen-bond acceptors (Lipinski definition) is 6. The maximum absolute atomic E-state index is 11.8. The van der Waals surface area contributed by atoms with Crippen LogP contribution in [0.1, 0.15) is 0 Å². The van der Waals surface area contributed by atoms with Crippen LogP contribution in [0.5, 0.6) is 0 Å². The van der Waals surface area contributed by atoms with Crippen molar-refractivity contribution in [2.24, 2.45) is 0 Å². The van der Waals surface area contributed by atoms with Crippen LogP contribution in [0.3, 0.4) is 0 Å². The summed E-state index contributed by atoms with van der Waals surface area (Å²) in [5, 5.41) is 14.1. The van der Waals surface area contributed by atoms with Gasteiger partial charge >= 0.3 is 0 Å². The Kier molecular flexibility index (Phi) is 3.29. The Hall–Kier alpha value is -3.23. The van der Waals surface area contributed by atoms with Gasteiger partial charge in [-0.25, -0.2) is 9.36 Å². The molecule has 0 radical (unpaired) electrons. The molecule has 106 valence electrons. The Morgan fingerprint density at radius 1 is 1.33 bits per heavy atom. The van der Waals surface area contributed by atoms with Crippen molar-refractivity contribution in [3.8, 4) is 5.82 Å². The van der Waals surface area contributed by atoms with Crippen molar-refractivity contribution < 1.29 is 9.32 Å². The summed E-state index contributed by atoms with van der Waals surface area (Å²) in [6.45, 7) is -0.235. The smallest absolute Gasteiger partial charge is 0.267 e. The Bertz CT molecular complexity index is 791. The summed E-state index contributed by atoms with van der Waals surface area (Å²) >= 11 is 0. The lowest BCUT2D eigenvalue weighted by Crippen LogP contribution is -2.30. The van der Waals surface area contributed by atoms with Crippen LogP contribution in [-0.4, -0.2) is 30.6 Å². The lowest BCUT2D eigenvalue weighted by atomic mass is 10.5. The normalized spacial score (nSPS) is 10.5. The van der Waals surface area contributed by atoms with E-state index >= 15 is 0 Å². The predicted molar refractivity (Wildman–Crippen MR) is 70.8 cm³/mol. The van der Waals surface area contributed by atoms with Crippen LogP contribution < -0.4 is 10.9 Å². The Morgan fingerprint density at radius 3 is 2.95 bits per heavy atom. The van der Waals surface area contributed by atoms with Crippen LogP contribution in [0, 0.1) is 0 Å². The van der Waals surface area contributed by atoms with Crippen LogP contribution in [-0.2, 0) is 11.3 Å². The second-order valence-electron chi connectivity index (χ2n) is 4.07. The second kappa shape index (κ2) is 5.41. The number of carbonyl (C=O) groups is 1. The molecule has 3 heterocycles. The number of nitrogens with zero attached hydrogens (tertiary/aromatic N) is 5. The van der Waals surface area contributed by atoms with Crippen molar-refractivity contribution >= 4 is 11.7 Å². The van der Waals surface area contributed by atoms with E-state index in [2.05, 4.69) is 25.2 Å². The molecule has 0 aliphatic rings. The van der Waals surface area contributed by atoms with Crippen LogP contribution in [0.15, 0.2) is 52.2 Å². The number of amides is 1. The first-order valence-corrected chi connectivity index (χ1v) is 6.01. The van der Waals surface area contributed by atoms with Gasteiger partial charge in [0.1, 0.15) is 12.8 Å². The molecular formula is C12H10N6O3. The molecule has 1 amide bonds. The SMILES string of the molecule is O=C(Cn1nc(-n2cccn2)ccc1=O)Nc1ccon1. The Labute approximate surface area is 117 Å². The van der Waals surface area contributed by atoms with Gasteiger partial charge in [-0.1, -0.05) is 5.16 Å². The quantitative estimate of drug-likeness (QED) is 0.726. The molecular weight excluding hydrogens is 276 g/mol. The molecule has 9 heteroatoms. The van der Waals surface area contributed by atoms with E-state index in [0.29, 0.717) is 5.82 Å². The third-order valence-corrected chi connectivity index (χ3v) is 2.59. The van der Waals surface area contributed by atoms with E-state index in [4.69, 9.17) is 0 Å². The minimum Gasteiger partial charge on any atom is -0.363 e. The number of hydrogen-bond donors (Lipinski definition) is 1. The minimum atomic E-state index is -0.434. The van der Waals surface area contributed by atoms with Gasteiger partial charge < -0.3 is 9.84 Å².